The minimum absolute atomic E-state index is 0.201. The Bertz CT molecular complexity index is 781. The van der Waals surface area contributed by atoms with Crippen molar-refractivity contribution in [3.63, 3.8) is 0 Å². The molecule has 0 spiro atoms. The van der Waals surface area contributed by atoms with E-state index in [1.807, 2.05) is 12.1 Å². The van der Waals surface area contributed by atoms with Crippen LogP contribution in [-0.2, 0) is 0 Å². The van der Waals surface area contributed by atoms with Gasteiger partial charge in [0, 0.05) is 5.39 Å². The van der Waals surface area contributed by atoms with Gasteiger partial charge in [0.1, 0.15) is 5.58 Å². The van der Waals surface area contributed by atoms with Crippen LogP contribution < -0.4 is 11.4 Å². The lowest BCUT2D eigenvalue weighted by Gasteiger charge is -2.01. The van der Waals surface area contributed by atoms with E-state index in [1.54, 1.807) is 25.1 Å². The molecule has 0 saturated heterocycles. The van der Waals surface area contributed by atoms with Gasteiger partial charge in [0.15, 0.2) is 0 Å². The quantitative estimate of drug-likeness (QED) is 0.359. The van der Waals surface area contributed by atoms with Crippen molar-refractivity contribution in [3.05, 3.63) is 46.3 Å². The van der Waals surface area contributed by atoms with Gasteiger partial charge in [-0.1, -0.05) is 18.2 Å². The summed E-state index contributed by atoms with van der Waals surface area (Å²) in [6, 6.07) is 8.81. The van der Waals surface area contributed by atoms with Gasteiger partial charge in [-0.15, -0.1) is 4.99 Å². The molecule has 6 heteroatoms. The molecule has 0 unspecified atom stereocenters. The maximum Gasteiger partial charge on any atom is 0.345 e. The standard InChI is InChI=1S/C13H10N4O2/c1-8(17-13(15)16-7-14)10-6-9-4-2-3-5-11(9)19-12(10)18/h2-6H,1H3,(H2,15,16)/b17-8+. The molecular formula is C13H10N4O2. The van der Waals surface area contributed by atoms with Crippen molar-refractivity contribution in [2.24, 2.45) is 15.7 Å². The molecule has 6 nitrogen and oxygen atoms in total. The Labute approximate surface area is 108 Å². The predicted octanol–water partition coefficient (Wildman–Crippen LogP) is 1.40. The molecule has 0 aliphatic rings. The molecule has 1 heterocycles. The number of nitriles is 1. The first-order chi connectivity index (χ1) is 9.11. The molecule has 0 aliphatic heterocycles. The Morgan fingerprint density at radius 1 is 1.42 bits per heavy atom. The van der Waals surface area contributed by atoms with E-state index in [4.69, 9.17) is 15.4 Å². The van der Waals surface area contributed by atoms with Gasteiger partial charge < -0.3 is 10.2 Å². The van der Waals surface area contributed by atoms with Crippen LogP contribution in [0.3, 0.4) is 0 Å². The average Bonchev–Trinajstić information content (AvgIpc) is 2.38. The lowest BCUT2D eigenvalue weighted by atomic mass is 10.1. The second-order valence-corrected chi connectivity index (χ2v) is 3.75. The van der Waals surface area contributed by atoms with Crippen LogP contribution in [0.2, 0.25) is 0 Å². The van der Waals surface area contributed by atoms with Crippen molar-refractivity contribution < 1.29 is 4.42 Å². The minimum atomic E-state index is -0.510. The fraction of sp³-hybridized carbons (Fsp3) is 0.0769. The number of guanidine groups is 1. The molecule has 0 aliphatic carbocycles. The van der Waals surface area contributed by atoms with E-state index in [1.165, 1.54) is 6.19 Å². The molecule has 0 atom stereocenters. The summed E-state index contributed by atoms with van der Waals surface area (Å²) < 4.78 is 5.17. The first-order valence-electron chi connectivity index (χ1n) is 5.42. The zero-order valence-corrected chi connectivity index (χ0v) is 10.1. The Morgan fingerprint density at radius 3 is 2.89 bits per heavy atom. The first-order valence-corrected chi connectivity index (χ1v) is 5.42. The van der Waals surface area contributed by atoms with Crippen molar-refractivity contribution in [2.45, 2.75) is 6.92 Å². The number of rotatable bonds is 1. The fourth-order valence-electron chi connectivity index (χ4n) is 1.62. The molecule has 0 saturated carbocycles. The number of hydrogen-bond donors (Lipinski definition) is 1. The smallest absolute Gasteiger partial charge is 0.345 e. The van der Waals surface area contributed by atoms with E-state index in [0.717, 1.165) is 5.39 Å². The van der Waals surface area contributed by atoms with Crippen molar-refractivity contribution >= 4 is 22.6 Å². The van der Waals surface area contributed by atoms with Crippen LogP contribution in [-0.4, -0.2) is 11.7 Å². The second-order valence-electron chi connectivity index (χ2n) is 3.75. The maximum absolute atomic E-state index is 11.8. The molecule has 0 amide bonds. The van der Waals surface area contributed by atoms with Crippen LogP contribution in [0.5, 0.6) is 0 Å². The van der Waals surface area contributed by atoms with E-state index in [9.17, 15) is 4.79 Å². The largest absolute Gasteiger partial charge is 0.422 e. The molecule has 19 heavy (non-hydrogen) atoms. The number of fused-ring (bicyclic) bond motifs is 1. The summed E-state index contributed by atoms with van der Waals surface area (Å²) in [4.78, 5) is 18.9. The van der Waals surface area contributed by atoms with Gasteiger partial charge in [-0.3, -0.25) is 0 Å². The lowest BCUT2D eigenvalue weighted by Crippen LogP contribution is -2.16. The summed E-state index contributed by atoms with van der Waals surface area (Å²) in [7, 11) is 0. The minimum Gasteiger partial charge on any atom is -0.422 e. The van der Waals surface area contributed by atoms with Crippen LogP contribution in [0, 0.1) is 11.5 Å². The first kappa shape index (κ1) is 12.5. The van der Waals surface area contributed by atoms with Crippen LogP contribution in [0.25, 0.3) is 11.0 Å². The predicted molar refractivity (Wildman–Crippen MR) is 71.9 cm³/mol. The van der Waals surface area contributed by atoms with Crippen LogP contribution >= 0.6 is 0 Å². The highest BCUT2D eigenvalue weighted by molar-refractivity contribution is 6.06. The fourth-order valence-corrected chi connectivity index (χ4v) is 1.62. The van der Waals surface area contributed by atoms with E-state index in [0.29, 0.717) is 11.3 Å². The zero-order valence-electron chi connectivity index (χ0n) is 10.1. The van der Waals surface area contributed by atoms with Gasteiger partial charge in [0.05, 0.1) is 11.3 Å². The topological polar surface area (TPSA) is 105 Å². The molecule has 0 fully saturated rings. The summed E-state index contributed by atoms with van der Waals surface area (Å²) in [5, 5.41) is 9.13. The Morgan fingerprint density at radius 2 is 2.16 bits per heavy atom. The number of para-hydroxylation sites is 1. The van der Waals surface area contributed by atoms with Crippen molar-refractivity contribution in [1.29, 1.82) is 5.26 Å². The SMILES string of the molecule is C/C(=N\C(N)=NC#N)c1cc2ccccc2oc1=O. The van der Waals surface area contributed by atoms with Crippen LogP contribution in [0.1, 0.15) is 12.5 Å². The van der Waals surface area contributed by atoms with Gasteiger partial charge in [0.2, 0.25) is 12.2 Å². The number of aliphatic imine (C=N–C) groups is 2. The number of nitrogens with zero attached hydrogens (tertiary/aromatic N) is 3. The van der Waals surface area contributed by atoms with Gasteiger partial charge in [-0.2, -0.15) is 5.26 Å². The summed E-state index contributed by atoms with van der Waals surface area (Å²) >= 11 is 0. The molecule has 94 valence electrons. The Hall–Kier alpha value is -2.94. The molecule has 1 aromatic heterocycles. The third-order valence-electron chi connectivity index (χ3n) is 2.48. The summed E-state index contributed by atoms with van der Waals surface area (Å²) in [5.41, 5.74) is 6.02. The molecule has 2 N–H and O–H groups in total. The monoisotopic (exact) mass is 254 g/mol. The Balaban J connectivity index is 2.57. The van der Waals surface area contributed by atoms with Crippen molar-refractivity contribution in [3.8, 4) is 6.19 Å². The third kappa shape index (κ3) is 2.66. The van der Waals surface area contributed by atoms with Gasteiger partial charge >= 0.3 is 5.63 Å². The molecular weight excluding hydrogens is 244 g/mol. The van der Waals surface area contributed by atoms with Crippen LogP contribution in [0.15, 0.2) is 49.5 Å². The van der Waals surface area contributed by atoms with E-state index < -0.39 is 5.63 Å². The van der Waals surface area contributed by atoms with Gasteiger partial charge in [-0.25, -0.2) is 9.79 Å². The maximum atomic E-state index is 11.8. The zero-order chi connectivity index (χ0) is 13.8. The number of hydrogen-bond acceptors (Lipinski definition) is 4. The summed E-state index contributed by atoms with van der Waals surface area (Å²) in [6.45, 7) is 1.60. The number of nitrogens with two attached hydrogens (primary N) is 1. The second kappa shape index (κ2) is 5.14. The highest BCUT2D eigenvalue weighted by atomic mass is 16.4. The van der Waals surface area contributed by atoms with Crippen LogP contribution in [0.4, 0.5) is 0 Å². The molecule has 0 radical (unpaired) electrons. The van der Waals surface area contributed by atoms with Gasteiger partial charge in [0.25, 0.3) is 0 Å². The van der Waals surface area contributed by atoms with E-state index in [-0.39, 0.29) is 11.5 Å². The van der Waals surface area contributed by atoms with Gasteiger partial charge in [-0.05, 0) is 19.1 Å². The molecule has 0 bridgehead atoms. The number of benzene rings is 1. The molecule has 1 aromatic carbocycles. The Kier molecular flexibility index (Phi) is 3.39. The third-order valence-corrected chi connectivity index (χ3v) is 2.48. The summed E-state index contributed by atoms with van der Waals surface area (Å²) in [5.74, 6) is -0.201. The average molecular weight is 254 g/mol. The summed E-state index contributed by atoms with van der Waals surface area (Å²) in [6.07, 6.45) is 1.52. The normalized spacial score (nSPS) is 12.4. The molecule has 2 aromatic rings. The lowest BCUT2D eigenvalue weighted by molar-refractivity contribution is 0.559. The van der Waals surface area contributed by atoms with E-state index >= 15 is 0 Å². The highest BCUT2D eigenvalue weighted by Crippen LogP contribution is 2.12. The molecule has 2 rings (SSSR count). The highest BCUT2D eigenvalue weighted by Gasteiger charge is 2.08. The van der Waals surface area contributed by atoms with Crippen molar-refractivity contribution in [2.75, 3.05) is 0 Å². The van der Waals surface area contributed by atoms with Crippen molar-refractivity contribution in [1.82, 2.24) is 0 Å². The van der Waals surface area contributed by atoms with E-state index in [2.05, 4.69) is 9.98 Å².